The lowest BCUT2D eigenvalue weighted by atomic mass is 10.1. The van der Waals surface area contributed by atoms with Crippen molar-refractivity contribution in [2.75, 3.05) is 0 Å². The Bertz CT molecular complexity index is 214. The summed E-state index contributed by atoms with van der Waals surface area (Å²) in [5.41, 5.74) is 0.299. The van der Waals surface area contributed by atoms with E-state index in [4.69, 9.17) is 0 Å². The van der Waals surface area contributed by atoms with E-state index in [0.717, 1.165) is 0 Å². The van der Waals surface area contributed by atoms with Crippen LogP contribution in [0.1, 0.15) is 13.3 Å². The summed E-state index contributed by atoms with van der Waals surface area (Å²) in [7, 11) is 0. The standard InChI is InChI=1S/C9H11FO/c1-4-5-9(8(3)10)6-7(2)11/h4-5H,1,3,6H2,2H3/b9-5-. The van der Waals surface area contributed by atoms with Gasteiger partial charge in [0.15, 0.2) is 0 Å². The van der Waals surface area contributed by atoms with Gasteiger partial charge in [0, 0.05) is 6.42 Å². The number of halogens is 1. The summed E-state index contributed by atoms with van der Waals surface area (Å²) in [4.78, 5) is 10.6. The molecule has 0 aromatic carbocycles. The van der Waals surface area contributed by atoms with Gasteiger partial charge in [0.1, 0.15) is 11.6 Å². The van der Waals surface area contributed by atoms with E-state index in [1.165, 1.54) is 19.1 Å². The molecule has 0 radical (unpaired) electrons. The fourth-order valence-corrected chi connectivity index (χ4v) is 0.656. The lowest BCUT2D eigenvalue weighted by Gasteiger charge is -1.98. The number of ketones is 1. The Kier molecular flexibility index (Phi) is 4.11. The molecule has 0 aromatic rings. The van der Waals surface area contributed by atoms with Crippen LogP contribution in [-0.4, -0.2) is 5.78 Å². The van der Waals surface area contributed by atoms with Crippen LogP contribution in [0.5, 0.6) is 0 Å². The Labute approximate surface area is 65.9 Å². The monoisotopic (exact) mass is 154 g/mol. The Morgan fingerprint density at radius 3 is 2.45 bits per heavy atom. The molecule has 0 amide bonds. The fraction of sp³-hybridized carbons (Fsp3) is 0.222. The number of hydrogen-bond acceptors (Lipinski definition) is 1. The summed E-state index contributed by atoms with van der Waals surface area (Å²) in [6.07, 6.45) is 2.97. The van der Waals surface area contributed by atoms with Crippen molar-refractivity contribution >= 4 is 5.78 Å². The zero-order valence-corrected chi connectivity index (χ0v) is 6.56. The number of hydrogen-bond donors (Lipinski definition) is 0. The second-order valence-corrected chi connectivity index (χ2v) is 2.21. The number of rotatable bonds is 4. The average molecular weight is 154 g/mol. The lowest BCUT2D eigenvalue weighted by molar-refractivity contribution is -0.116. The van der Waals surface area contributed by atoms with Crippen LogP contribution in [0.3, 0.4) is 0 Å². The van der Waals surface area contributed by atoms with Crippen molar-refractivity contribution < 1.29 is 9.18 Å². The van der Waals surface area contributed by atoms with Crippen LogP contribution in [0.2, 0.25) is 0 Å². The molecule has 0 aliphatic carbocycles. The van der Waals surface area contributed by atoms with Gasteiger partial charge in [-0.1, -0.05) is 25.3 Å². The molecule has 2 heteroatoms. The van der Waals surface area contributed by atoms with Crippen molar-refractivity contribution in [2.24, 2.45) is 0 Å². The van der Waals surface area contributed by atoms with E-state index in [9.17, 15) is 9.18 Å². The van der Waals surface area contributed by atoms with Crippen LogP contribution in [0, 0.1) is 0 Å². The summed E-state index contributed by atoms with van der Waals surface area (Å²) in [5, 5.41) is 0. The third kappa shape index (κ3) is 4.25. The Hall–Kier alpha value is -1.18. The first-order valence-electron chi connectivity index (χ1n) is 3.23. The molecular weight excluding hydrogens is 143 g/mol. The van der Waals surface area contributed by atoms with Crippen LogP contribution in [-0.2, 0) is 4.79 Å². The van der Waals surface area contributed by atoms with E-state index in [1.54, 1.807) is 0 Å². The van der Waals surface area contributed by atoms with E-state index < -0.39 is 5.83 Å². The quantitative estimate of drug-likeness (QED) is 0.569. The first-order chi connectivity index (χ1) is 5.07. The summed E-state index contributed by atoms with van der Waals surface area (Å²) in [6, 6.07) is 0. The van der Waals surface area contributed by atoms with Gasteiger partial charge in [0.2, 0.25) is 0 Å². The van der Waals surface area contributed by atoms with Gasteiger partial charge in [-0.2, -0.15) is 0 Å². The maximum Gasteiger partial charge on any atom is 0.134 e. The van der Waals surface area contributed by atoms with Gasteiger partial charge in [-0.05, 0) is 12.5 Å². The molecule has 0 N–H and O–H groups in total. The SMILES string of the molecule is C=C/C=C(/CC(C)=O)C(=C)F. The molecule has 0 aromatic heterocycles. The largest absolute Gasteiger partial charge is 0.300 e. The summed E-state index contributed by atoms with van der Waals surface area (Å²) in [5.74, 6) is -0.656. The molecule has 0 atom stereocenters. The molecule has 11 heavy (non-hydrogen) atoms. The number of allylic oxidation sites excluding steroid dienone is 4. The van der Waals surface area contributed by atoms with Crippen molar-refractivity contribution in [2.45, 2.75) is 13.3 Å². The summed E-state index contributed by atoms with van der Waals surface area (Å²) in [6.45, 7) is 7.89. The minimum Gasteiger partial charge on any atom is -0.300 e. The Morgan fingerprint density at radius 1 is 1.64 bits per heavy atom. The molecule has 0 spiro atoms. The number of Topliss-reactive ketones (excluding diaryl/α,β-unsaturated/α-hetero) is 1. The van der Waals surface area contributed by atoms with Crippen LogP contribution in [0.25, 0.3) is 0 Å². The highest BCUT2D eigenvalue weighted by molar-refractivity contribution is 5.79. The minimum atomic E-state index is -0.569. The topological polar surface area (TPSA) is 17.1 Å². The fourth-order valence-electron chi connectivity index (χ4n) is 0.656. The Balaban J connectivity index is 4.35. The summed E-state index contributed by atoms with van der Waals surface area (Å²) >= 11 is 0. The van der Waals surface area contributed by atoms with E-state index in [0.29, 0.717) is 5.57 Å². The van der Waals surface area contributed by atoms with Gasteiger partial charge >= 0.3 is 0 Å². The molecule has 0 aliphatic rings. The highest BCUT2D eigenvalue weighted by atomic mass is 19.1. The van der Waals surface area contributed by atoms with Gasteiger partial charge < -0.3 is 0 Å². The molecule has 0 bridgehead atoms. The van der Waals surface area contributed by atoms with E-state index >= 15 is 0 Å². The van der Waals surface area contributed by atoms with Crippen molar-refractivity contribution in [3.05, 3.63) is 36.7 Å². The first kappa shape index (κ1) is 9.82. The third-order valence-corrected chi connectivity index (χ3v) is 1.11. The van der Waals surface area contributed by atoms with Crippen molar-refractivity contribution in [1.29, 1.82) is 0 Å². The Morgan fingerprint density at radius 2 is 2.18 bits per heavy atom. The summed E-state index contributed by atoms with van der Waals surface area (Å²) < 4.78 is 12.5. The smallest absolute Gasteiger partial charge is 0.134 e. The molecule has 0 rings (SSSR count). The molecule has 0 heterocycles. The second kappa shape index (κ2) is 4.61. The number of carbonyl (C=O) groups is 1. The molecule has 0 aliphatic heterocycles. The predicted octanol–water partition coefficient (Wildman–Crippen LogP) is 2.56. The van der Waals surface area contributed by atoms with Gasteiger partial charge in [-0.25, -0.2) is 4.39 Å². The van der Waals surface area contributed by atoms with Crippen molar-refractivity contribution in [1.82, 2.24) is 0 Å². The zero-order chi connectivity index (χ0) is 8.85. The van der Waals surface area contributed by atoms with Crippen LogP contribution in [0.4, 0.5) is 4.39 Å². The molecule has 1 nitrogen and oxygen atoms in total. The maximum absolute atomic E-state index is 12.5. The highest BCUT2D eigenvalue weighted by Gasteiger charge is 2.03. The van der Waals surface area contributed by atoms with Crippen LogP contribution in [0.15, 0.2) is 36.7 Å². The van der Waals surface area contributed by atoms with Crippen molar-refractivity contribution in [3.8, 4) is 0 Å². The second-order valence-electron chi connectivity index (χ2n) is 2.21. The van der Waals surface area contributed by atoms with E-state index in [2.05, 4.69) is 13.2 Å². The van der Waals surface area contributed by atoms with Crippen molar-refractivity contribution in [3.63, 3.8) is 0 Å². The van der Waals surface area contributed by atoms with Crippen LogP contribution < -0.4 is 0 Å². The molecular formula is C9H11FO. The third-order valence-electron chi connectivity index (χ3n) is 1.11. The molecule has 60 valence electrons. The molecule has 0 fully saturated rings. The zero-order valence-electron chi connectivity index (χ0n) is 6.56. The van der Waals surface area contributed by atoms with E-state index in [1.807, 2.05) is 0 Å². The minimum absolute atomic E-state index is 0.0847. The van der Waals surface area contributed by atoms with Gasteiger partial charge in [-0.3, -0.25) is 4.79 Å². The van der Waals surface area contributed by atoms with Gasteiger partial charge in [0.05, 0.1) is 0 Å². The number of carbonyl (C=O) groups excluding carboxylic acids is 1. The molecule has 0 saturated carbocycles. The lowest BCUT2D eigenvalue weighted by Crippen LogP contribution is -1.93. The molecule has 0 saturated heterocycles. The normalized spacial score (nSPS) is 10.9. The van der Waals surface area contributed by atoms with Gasteiger partial charge in [-0.15, -0.1) is 0 Å². The molecule has 0 unspecified atom stereocenters. The highest BCUT2D eigenvalue weighted by Crippen LogP contribution is 2.13. The predicted molar refractivity (Wildman–Crippen MR) is 43.8 cm³/mol. The maximum atomic E-state index is 12.5. The average Bonchev–Trinajstić information content (AvgIpc) is 1.86. The van der Waals surface area contributed by atoms with E-state index in [-0.39, 0.29) is 12.2 Å². The van der Waals surface area contributed by atoms with Crippen LogP contribution >= 0.6 is 0 Å². The van der Waals surface area contributed by atoms with Gasteiger partial charge in [0.25, 0.3) is 0 Å². The first-order valence-corrected chi connectivity index (χ1v) is 3.23.